The largest absolute Gasteiger partial charge is 0.488 e. The molecule has 0 spiro atoms. The smallest absolute Gasteiger partial charge is 0.306 e. The highest BCUT2D eigenvalue weighted by Crippen LogP contribution is 2.39. The van der Waals surface area contributed by atoms with Crippen LogP contribution >= 0.6 is 23.4 Å². The second-order valence-corrected chi connectivity index (χ2v) is 15.9. The molecule has 0 unspecified atom stereocenters. The van der Waals surface area contributed by atoms with Crippen molar-refractivity contribution in [2.24, 2.45) is 0 Å². The van der Waals surface area contributed by atoms with Crippen molar-refractivity contribution >= 4 is 35.3 Å². The van der Waals surface area contributed by atoms with Gasteiger partial charge in [0.25, 0.3) is 5.76 Å². The molecule has 5 aromatic rings. The number of aryl methyl sites for hydroxylation is 1. The summed E-state index contributed by atoms with van der Waals surface area (Å²) in [7, 11) is 0. The molecule has 5 N–H and O–H groups in total. The third-order valence-corrected chi connectivity index (χ3v) is 11.1. The number of nitrogens with zero attached hydrogens (tertiary/aromatic N) is 2. The first-order chi connectivity index (χ1) is 29.2. The average molecular weight is 874 g/mol. The number of aliphatic carboxylic acids is 2. The van der Waals surface area contributed by atoms with Crippen LogP contribution in [0.4, 0.5) is 8.78 Å². The molecule has 0 saturated heterocycles. The van der Waals surface area contributed by atoms with E-state index in [2.05, 4.69) is 16.4 Å². The number of ether oxygens (including phenoxy) is 2. The zero-order chi connectivity index (χ0) is 44.1. The van der Waals surface area contributed by atoms with E-state index in [0.29, 0.717) is 62.7 Å². The Labute approximate surface area is 362 Å². The van der Waals surface area contributed by atoms with Crippen LogP contribution in [0.15, 0.2) is 90.1 Å². The summed E-state index contributed by atoms with van der Waals surface area (Å²) in [4.78, 5) is 26.4. The molecular formula is C46H46ClF2N3O8S. The molecule has 0 saturated carbocycles. The number of rotatable bonds is 22. The van der Waals surface area contributed by atoms with E-state index >= 15 is 0 Å². The van der Waals surface area contributed by atoms with Crippen molar-refractivity contribution in [1.29, 1.82) is 5.26 Å². The molecule has 0 aliphatic heterocycles. The SMILES string of the molecule is Cc1c(COc2cc(OCc3cncc(C#N)c3)c(CCC[C@@H](O)CC(=O)O)cc2Cl)cccc1-c1cccc(-c2ccc(CNC[C@@H](O)CC(=O)O)c(SC(F)F)c2)c1C. The van der Waals surface area contributed by atoms with Gasteiger partial charge in [-0.1, -0.05) is 71.9 Å². The fraction of sp³-hybridized carbons (Fsp3) is 0.304. The molecule has 0 amide bonds. The normalized spacial score (nSPS) is 12.2. The first kappa shape index (κ1) is 46.5. The lowest BCUT2D eigenvalue weighted by molar-refractivity contribution is -0.140. The van der Waals surface area contributed by atoms with Crippen molar-refractivity contribution < 1.29 is 48.3 Å². The van der Waals surface area contributed by atoms with Crippen LogP contribution in [0.25, 0.3) is 22.3 Å². The van der Waals surface area contributed by atoms with Gasteiger partial charge in [-0.25, -0.2) is 0 Å². The van der Waals surface area contributed by atoms with E-state index in [1.807, 2.05) is 56.3 Å². The zero-order valence-electron chi connectivity index (χ0n) is 33.5. The summed E-state index contributed by atoms with van der Waals surface area (Å²) >= 11 is 7.20. The summed E-state index contributed by atoms with van der Waals surface area (Å²) < 4.78 is 39.9. The third-order valence-electron chi connectivity index (χ3n) is 9.98. The van der Waals surface area contributed by atoms with Gasteiger partial charge >= 0.3 is 11.9 Å². The minimum absolute atomic E-state index is 0.00401. The van der Waals surface area contributed by atoms with Gasteiger partial charge in [0.05, 0.1) is 35.6 Å². The molecule has 0 aliphatic carbocycles. The molecular weight excluding hydrogens is 828 g/mol. The number of alkyl halides is 2. The predicted octanol–water partition coefficient (Wildman–Crippen LogP) is 9.11. The summed E-state index contributed by atoms with van der Waals surface area (Å²) in [6, 6.07) is 24.3. The van der Waals surface area contributed by atoms with E-state index in [4.69, 9.17) is 31.3 Å². The van der Waals surface area contributed by atoms with Gasteiger partial charge in [-0.2, -0.15) is 14.0 Å². The molecule has 0 aliphatic rings. The molecule has 2 atom stereocenters. The van der Waals surface area contributed by atoms with Gasteiger partial charge in [0.2, 0.25) is 0 Å². The Hall–Kier alpha value is -5.56. The number of thioether (sulfide) groups is 1. The maximum atomic E-state index is 13.7. The topological polar surface area (TPSA) is 182 Å². The number of nitriles is 1. The average Bonchev–Trinajstić information content (AvgIpc) is 3.20. The summed E-state index contributed by atoms with van der Waals surface area (Å²) in [5.41, 5.74) is 8.67. The molecule has 5 rings (SSSR count). The van der Waals surface area contributed by atoms with E-state index in [-0.39, 0.29) is 39.1 Å². The number of hydrogen-bond donors (Lipinski definition) is 5. The zero-order valence-corrected chi connectivity index (χ0v) is 35.1. The second kappa shape index (κ2) is 22.3. The third kappa shape index (κ3) is 13.5. The minimum atomic E-state index is -2.67. The summed E-state index contributed by atoms with van der Waals surface area (Å²) in [5.74, 6) is -4.04. The highest BCUT2D eigenvalue weighted by molar-refractivity contribution is 7.99. The van der Waals surface area contributed by atoms with Crippen LogP contribution in [0.1, 0.15) is 64.6 Å². The van der Waals surface area contributed by atoms with E-state index < -0.39 is 36.3 Å². The van der Waals surface area contributed by atoms with Crippen molar-refractivity contribution in [3.63, 3.8) is 0 Å². The number of carboxylic acid groups (broad SMARTS) is 2. The van der Waals surface area contributed by atoms with Gasteiger partial charge in [0.15, 0.2) is 0 Å². The van der Waals surface area contributed by atoms with Gasteiger partial charge in [0.1, 0.15) is 30.8 Å². The number of nitrogens with one attached hydrogen (secondary N) is 1. The van der Waals surface area contributed by atoms with Gasteiger partial charge in [-0.05, 0) is 101 Å². The van der Waals surface area contributed by atoms with Gasteiger partial charge in [-0.3, -0.25) is 14.6 Å². The highest BCUT2D eigenvalue weighted by atomic mass is 35.5. The second-order valence-electron chi connectivity index (χ2n) is 14.5. The van der Waals surface area contributed by atoms with Crippen molar-refractivity contribution in [2.45, 2.75) is 88.6 Å². The Morgan fingerprint density at radius 1 is 0.836 bits per heavy atom. The molecule has 15 heteroatoms. The number of carboxylic acids is 2. The molecule has 1 heterocycles. The van der Waals surface area contributed by atoms with Crippen LogP contribution in [-0.2, 0) is 35.8 Å². The van der Waals surface area contributed by atoms with Crippen LogP contribution < -0.4 is 14.8 Å². The van der Waals surface area contributed by atoms with E-state index in [1.165, 1.54) is 6.20 Å². The lowest BCUT2D eigenvalue weighted by Crippen LogP contribution is -2.28. The van der Waals surface area contributed by atoms with Crippen LogP contribution in [0, 0.1) is 25.2 Å². The Bertz CT molecular complexity index is 2380. The highest BCUT2D eigenvalue weighted by Gasteiger charge is 2.18. The number of pyridine rings is 1. The van der Waals surface area contributed by atoms with E-state index in [9.17, 15) is 33.8 Å². The summed E-state index contributed by atoms with van der Waals surface area (Å²) in [6.45, 7) is 4.40. The fourth-order valence-electron chi connectivity index (χ4n) is 6.89. The lowest BCUT2D eigenvalue weighted by Gasteiger charge is -2.19. The summed E-state index contributed by atoms with van der Waals surface area (Å²) in [5, 5.41) is 50.6. The Morgan fingerprint density at radius 2 is 1.52 bits per heavy atom. The lowest BCUT2D eigenvalue weighted by atomic mass is 9.89. The van der Waals surface area contributed by atoms with Crippen molar-refractivity contribution in [1.82, 2.24) is 10.3 Å². The number of benzene rings is 4. The Morgan fingerprint density at radius 3 is 2.25 bits per heavy atom. The van der Waals surface area contributed by atoms with Gasteiger partial charge in [-0.15, -0.1) is 0 Å². The minimum Gasteiger partial charge on any atom is -0.488 e. The molecule has 0 bridgehead atoms. The van der Waals surface area contributed by atoms with Gasteiger partial charge < -0.3 is 35.2 Å². The molecule has 0 radical (unpaired) electrons. The van der Waals surface area contributed by atoms with Crippen LogP contribution in [0.5, 0.6) is 11.5 Å². The van der Waals surface area contributed by atoms with Crippen LogP contribution in [-0.4, -0.2) is 61.9 Å². The Kier molecular flexibility index (Phi) is 17.0. The number of aliphatic hydroxyl groups excluding tert-OH is 2. The van der Waals surface area contributed by atoms with Crippen molar-refractivity contribution in [3.8, 4) is 39.8 Å². The van der Waals surface area contributed by atoms with E-state index in [1.54, 1.807) is 36.5 Å². The maximum absolute atomic E-state index is 13.7. The monoisotopic (exact) mass is 873 g/mol. The molecule has 11 nitrogen and oxygen atoms in total. The summed E-state index contributed by atoms with van der Waals surface area (Å²) in [6.07, 6.45) is 1.36. The van der Waals surface area contributed by atoms with Gasteiger partial charge in [0, 0.05) is 42.0 Å². The first-order valence-electron chi connectivity index (χ1n) is 19.4. The molecule has 0 fully saturated rings. The maximum Gasteiger partial charge on any atom is 0.306 e. The van der Waals surface area contributed by atoms with Crippen LogP contribution in [0.2, 0.25) is 5.02 Å². The molecule has 4 aromatic carbocycles. The number of halogens is 3. The van der Waals surface area contributed by atoms with Crippen molar-refractivity contribution in [2.75, 3.05) is 6.54 Å². The molecule has 320 valence electrons. The number of hydrogen-bond acceptors (Lipinski definition) is 10. The molecule has 61 heavy (non-hydrogen) atoms. The fourth-order valence-corrected chi connectivity index (χ4v) is 7.80. The van der Waals surface area contributed by atoms with Crippen molar-refractivity contribution in [3.05, 3.63) is 129 Å². The molecule has 1 aromatic heterocycles. The number of carbonyl (C=O) groups is 2. The quantitative estimate of drug-likeness (QED) is 0.0417. The number of aromatic nitrogens is 1. The van der Waals surface area contributed by atoms with Crippen LogP contribution in [0.3, 0.4) is 0 Å². The number of aliphatic hydroxyl groups is 2. The first-order valence-corrected chi connectivity index (χ1v) is 20.7. The predicted molar refractivity (Wildman–Crippen MR) is 229 cm³/mol. The Balaban J connectivity index is 1.37. The standard InChI is InChI=1S/C46H46ClF2N3O8S/c1-27-34(26-60-42-19-41(59-25-30-14-29(20-50)21-51-22-30)32(15-40(42)47)6-3-8-35(53)17-44(55)56)7-4-10-38(27)39-11-5-9-37(28(39)2)31-12-13-33(43(16-31)61-46(48)49)23-52-24-36(54)18-45(57)58/h4-5,7,9-16,19,21-22,35-36,46,52-54H,3,6,8,17-18,23-26H2,1-2H3,(H,55,56)(H,57,58)/t35-,36+/m1/s1. The van der Waals surface area contributed by atoms with E-state index in [0.717, 1.165) is 44.5 Å².